The summed E-state index contributed by atoms with van der Waals surface area (Å²) in [6.45, 7) is 3.41. The van der Waals surface area contributed by atoms with Gasteiger partial charge in [0.05, 0.1) is 6.61 Å². The summed E-state index contributed by atoms with van der Waals surface area (Å²) in [6, 6.07) is 0. The van der Waals surface area contributed by atoms with Gasteiger partial charge in [0.1, 0.15) is 5.67 Å². The predicted molar refractivity (Wildman–Crippen MR) is 86.9 cm³/mol. The predicted octanol–water partition coefficient (Wildman–Crippen LogP) is 6.19. The van der Waals surface area contributed by atoms with Crippen LogP contribution in [0.3, 0.4) is 0 Å². The summed E-state index contributed by atoms with van der Waals surface area (Å²) in [7, 11) is 0. The summed E-state index contributed by atoms with van der Waals surface area (Å²) in [4.78, 5) is 0. The Kier molecular flexibility index (Phi) is 13.8. The minimum Gasteiger partial charge on any atom is -0.393 e. The van der Waals surface area contributed by atoms with Gasteiger partial charge in [-0.05, 0) is 13.3 Å². The molecule has 0 heterocycles. The average Bonchev–Trinajstić information content (AvgIpc) is 2.44. The molecule has 0 amide bonds. The Labute approximate surface area is 126 Å². The minimum atomic E-state index is -1.36. The first-order valence-corrected chi connectivity index (χ1v) is 8.92. The molecule has 1 unspecified atom stereocenters. The van der Waals surface area contributed by atoms with Crippen LogP contribution >= 0.6 is 0 Å². The first-order chi connectivity index (χ1) is 9.62. The first-order valence-electron chi connectivity index (χ1n) is 8.92. The highest BCUT2D eigenvalue weighted by Crippen LogP contribution is 2.19. The van der Waals surface area contributed by atoms with Gasteiger partial charge in [-0.2, -0.15) is 0 Å². The van der Waals surface area contributed by atoms with Gasteiger partial charge in [-0.25, -0.2) is 4.39 Å². The summed E-state index contributed by atoms with van der Waals surface area (Å²) in [5, 5.41) is 8.81. The smallest absolute Gasteiger partial charge is 0.131 e. The van der Waals surface area contributed by atoms with Crippen molar-refractivity contribution in [3.63, 3.8) is 0 Å². The third kappa shape index (κ3) is 14.3. The lowest BCUT2D eigenvalue weighted by Crippen LogP contribution is -2.22. The van der Waals surface area contributed by atoms with E-state index in [9.17, 15) is 4.39 Å². The van der Waals surface area contributed by atoms with Crippen LogP contribution in [0.4, 0.5) is 4.39 Å². The molecule has 1 atom stereocenters. The normalized spacial score (nSPS) is 14.4. The summed E-state index contributed by atoms with van der Waals surface area (Å²) >= 11 is 0. The molecule has 20 heavy (non-hydrogen) atoms. The SMILES string of the molecule is CCCCCCCCCCCCCCCC(C)(F)CO. The molecule has 122 valence electrons. The lowest BCUT2D eigenvalue weighted by Gasteiger charge is -2.16. The Morgan fingerprint density at radius 1 is 0.700 bits per heavy atom. The molecule has 1 N–H and O–H groups in total. The van der Waals surface area contributed by atoms with Gasteiger partial charge in [0.15, 0.2) is 0 Å². The fourth-order valence-corrected chi connectivity index (χ4v) is 2.59. The van der Waals surface area contributed by atoms with Crippen LogP contribution < -0.4 is 0 Å². The zero-order valence-electron chi connectivity index (χ0n) is 13.9. The number of unbranched alkanes of at least 4 members (excludes halogenated alkanes) is 12. The van der Waals surface area contributed by atoms with E-state index in [2.05, 4.69) is 6.92 Å². The van der Waals surface area contributed by atoms with E-state index in [4.69, 9.17) is 5.11 Å². The molecule has 0 bridgehead atoms. The van der Waals surface area contributed by atoms with E-state index < -0.39 is 5.67 Å². The third-order valence-corrected chi connectivity index (χ3v) is 4.13. The molecule has 0 rings (SSSR count). The van der Waals surface area contributed by atoms with Crippen LogP contribution in [0, 0.1) is 0 Å². The Morgan fingerprint density at radius 2 is 1.05 bits per heavy atom. The van der Waals surface area contributed by atoms with Crippen molar-refractivity contribution in [2.45, 2.75) is 109 Å². The van der Waals surface area contributed by atoms with E-state index in [1.807, 2.05) is 0 Å². The maximum atomic E-state index is 13.4. The van der Waals surface area contributed by atoms with Crippen LogP contribution in [0.1, 0.15) is 104 Å². The fourth-order valence-electron chi connectivity index (χ4n) is 2.59. The number of hydrogen-bond donors (Lipinski definition) is 1. The van der Waals surface area contributed by atoms with Crippen molar-refractivity contribution < 1.29 is 9.50 Å². The van der Waals surface area contributed by atoms with Gasteiger partial charge in [-0.3, -0.25) is 0 Å². The molecule has 0 saturated heterocycles. The second-order valence-electron chi connectivity index (χ2n) is 6.56. The molecule has 0 radical (unpaired) electrons. The Morgan fingerprint density at radius 3 is 1.40 bits per heavy atom. The first kappa shape index (κ1) is 19.9. The van der Waals surface area contributed by atoms with Gasteiger partial charge < -0.3 is 5.11 Å². The number of aliphatic hydroxyl groups excluding tert-OH is 1. The molecule has 0 fully saturated rings. The second kappa shape index (κ2) is 13.9. The molecule has 0 aromatic heterocycles. The molecular weight excluding hydrogens is 251 g/mol. The van der Waals surface area contributed by atoms with Crippen molar-refractivity contribution in [2.75, 3.05) is 6.61 Å². The number of hydrogen-bond acceptors (Lipinski definition) is 1. The van der Waals surface area contributed by atoms with Crippen LogP contribution in [0.25, 0.3) is 0 Å². The van der Waals surface area contributed by atoms with Crippen molar-refractivity contribution in [1.29, 1.82) is 0 Å². The Bertz CT molecular complexity index is 192. The van der Waals surface area contributed by atoms with Crippen molar-refractivity contribution in [1.82, 2.24) is 0 Å². The molecule has 2 heteroatoms. The largest absolute Gasteiger partial charge is 0.393 e. The van der Waals surface area contributed by atoms with E-state index >= 15 is 0 Å². The van der Waals surface area contributed by atoms with Gasteiger partial charge in [0.25, 0.3) is 0 Å². The molecule has 0 aliphatic heterocycles. The van der Waals surface area contributed by atoms with Crippen LogP contribution in [-0.4, -0.2) is 17.4 Å². The summed E-state index contributed by atoms with van der Waals surface area (Å²) in [5.74, 6) is 0. The summed E-state index contributed by atoms with van der Waals surface area (Å²) in [6.07, 6.45) is 17.5. The number of rotatable bonds is 15. The monoisotopic (exact) mass is 288 g/mol. The van der Waals surface area contributed by atoms with Gasteiger partial charge in [0.2, 0.25) is 0 Å². The summed E-state index contributed by atoms with van der Waals surface area (Å²) < 4.78 is 13.4. The van der Waals surface area contributed by atoms with E-state index in [1.165, 1.54) is 77.6 Å². The number of halogens is 1. The zero-order valence-corrected chi connectivity index (χ0v) is 13.9. The van der Waals surface area contributed by atoms with Crippen LogP contribution in [0.15, 0.2) is 0 Å². The molecule has 0 saturated carbocycles. The van der Waals surface area contributed by atoms with Gasteiger partial charge >= 0.3 is 0 Å². The van der Waals surface area contributed by atoms with Gasteiger partial charge in [0, 0.05) is 0 Å². The van der Waals surface area contributed by atoms with Crippen LogP contribution in [-0.2, 0) is 0 Å². The molecular formula is C18H37FO. The van der Waals surface area contributed by atoms with Crippen LogP contribution in [0.5, 0.6) is 0 Å². The molecule has 0 aromatic carbocycles. The molecule has 0 aliphatic rings. The minimum absolute atomic E-state index is 0.342. The highest BCUT2D eigenvalue weighted by molar-refractivity contribution is 4.71. The average molecular weight is 288 g/mol. The van der Waals surface area contributed by atoms with Gasteiger partial charge in [-0.1, -0.05) is 90.4 Å². The maximum Gasteiger partial charge on any atom is 0.131 e. The quantitative estimate of drug-likeness (QED) is 0.356. The van der Waals surface area contributed by atoms with E-state index in [-0.39, 0.29) is 6.61 Å². The van der Waals surface area contributed by atoms with Crippen molar-refractivity contribution in [2.24, 2.45) is 0 Å². The van der Waals surface area contributed by atoms with E-state index in [0.717, 1.165) is 12.8 Å². The lowest BCUT2D eigenvalue weighted by molar-refractivity contribution is 0.0772. The lowest BCUT2D eigenvalue weighted by atomic mass is 9.99. The maximum absolute atomic E-state index is 13.4. The fraction of sp³-hybridized carbons (Fsp3) is 1.00. The van der Waals surface area contributed by atoms with E-state index in [0.29, 0.717) is 6.42 Å². The van der Waals surface area contributed by atoms with E-state index in [1.54, 1.807) is 0 Å². The number of alkyl halides is 1. The zero-order chi connectivity index (χ0) is 15.1. The van der Waals surface area contributed by atoms with Crippen molar-refractivity contribution >= 4 is 0 Å². The summed E-state index contributed by atoms with van der Waals surface area (Å²) in [5.41, 5.74) is -1.36. The standard InChI is InChI=1S/C18H37FO/c1-3-4-5-6-7-8-9-10-11-12-13-14-15-16-18(2,19)17-20/h20H,3-17H2,1-2H3. The van der Waals surface area contributed by atoms with Crippen molar-refractivity contribution in [3.05, 3.63) is 0 Å². The Hall–Kier alpha value is -0.110. The highest BCUT2D eigenvalue weighted by atomic mass is 19.1. The second-order valence-corrected chi connectivity index (χ2v) is 6.56. The Balaban J connectivity index is 3.06. The molecule has 1 nitrogen and oxygen atoms in total. The van der Waals surface area contributed by atoms with Crippen LogP contribution in [0.2, 0.25) is 0 Å². The molecule has 0 aliphatic carbocycles. The topological polar surface area (TPSA) is 20.2 Å². The van der Waals surface area contributed by atoms with Gasteiger partial charge in [-0.15, -0.1) is 0 Å². The molecule has 0 spiro atoms. The van der Waals surface area contributed by atoms with Crippen molar-refractivity contribution in [3.8, 4) is 0 Å². The highest BCUT2D eigenvalue weighted by Gasteiger charge is 2.20. The molecule has 0 aromatic rings. The third-order valence-electron chi connectivity index (χ3n) is 4.13. The number of aliphatic hydroxyl groups is 1.